The second-order valence-electron chi connectivity index (χ2n) is 4.95. The molecule has 0 aliphatic carbocycles. The van der Waals surface area contributed by atoms with Crippen LogP contribution in [0.2, 0.25) is 0 Å². The van der Waals surface area contributed by atoms with E-state index in [4.69, 9.17) is 0 Å². The topological polar surface area (TPSA) is 49.4 Å². The van der Waals surface area contributed by atoms with Crippen LogP contribution in [0.1, 0.15) is 11.1 Å². The molecule has 0 aliphatic rings. The monoisotopic (exact) mass is 304 g/mol. The third-order valence-corrected chi connectivity index (χ3v) is 5.23. The number of benzene rings is 2. The van der Waals surface area contributed by atoms with E-state index >= 15 is 0 Å². The van der Waals surface area contributed by atoms with Crippen molar-refractivity contribution in [3.63, 3.8) is 0 Å². The lowest BCUT2D eigenvalue weighted by atomic mass is 10.2. The summed E-state index contributed by atoms with van der Waals surface area (Å²) in [4.78, 5) is 0.336. The molecule has 0 aliphatic heterocycles. The molecule has 112 valence electrons. The molecule has 2 rings (SSSR count). The number of sulfonamides is 1. The van der Waals surface area contributed by atoms with E-state index < -0.39 is 10.0 Å². The average molecular weight is 304 g/mol. The first-order valence-corrected chi connectivity index (χ1v) is 8.19. The van der Waals surface area contributed by atoms with Crippen LogP contribution in [0.5, 0.6) is 0 Å². The van der Waals surface area contributed by atoms with Gasteiger partial charge in [-0.15, -0.1) is 0 Å². The Morgan fingerprint density at radius 2 is 1.81 bits per heavy atom. The maximum absolute atomic E-state index is 12.8. The summed E-state index contributed by atoms with van der Waals surface area (Å²) in [7, 11) is -0.185. The van der Waals surface area contributed by atoms with Gasteiger partial charge in [-0.1, -0.05) is 30.3 Å². The Kier molecular flexibility index (Phi) is 4.65. The minimum absolute atomic E-state index is 0.336. The molecule has 0 radical (unpaired) electrons. The summed E-state index contributed by atoms with van der Waals surface area (Å²) < 4.78 is 27.0. The van der Waals surface area contributed by atoms with Gasteiger partial charge in [-0.25, -0.2) is 8.42 Å². The van der Waals surface area contributed by atoms with Gasteiger partial charge in [0.05, 0.1) is 10.6 Å². The first-order chi connectivity index (χ1) is 9.96. The summed E-state index contributed by atoms with van der Waals surface area (Å²) in [5.41, 5.74) is 2.45. The predicted octanol–water partition coefficient (Wildman–Crippen LogP) is 2.54. The normalized spacial score (nSPS) is 11.4. The standard InChI is InChI=1S/C16H20N2O2S/c1-13-7-6-9-15(11-13)18(3)21(19,20)16-10-5-4-8-14(16)12-17-2/h4-11,17H,12H2,1-3H3. The van der Waals surface area contributed by atoms with E-state index in [-0.39, 0.29) is 0 Å². The van der Waals surface area contributed by atoms with Crippen molar-refractivity contribution in [3.05, 3.63) is 59.7 Å². The van der Waals surface area contributed by atoms with Gasteiger partial charge in [-0.05, 0) is 43.3 Å². The van der Waals surface area contributed by atoms with E-state index in [1.165, 1.54) is 4.31 Å². The second kappa shape index (κ2) is 6.28. The molecule has 0 unspecified atom stereocenters. The van der Waals surface area contributed by atoms with Crippen LogP contribution in [-0.2, 0) is 16.6 Å². The number of rotatable bonds is 5. The largest absolute Gasteiger partial charge is 0.316 e. The van der Waals surface area contributed by atoms with E-state index in [0.717, 1.165) is 11.1 Å². The summed E-state index contributed by atoms with van der Waals surface area (Å²) in [5, 5.41) is 3.00. The van der Waals surface area contributed by atoms with Gasteiger partial charge in [-0.3, -0.25) is 4.31 Å². The molecule has 21 heavy (non-hydrogen) atoms. The zero-order chi connectivity index (χ0) is 15.5. The molecule has 0 aromatic heterocycles. The molecule has 5 heteroatoms. The van der Waals surface area contributed by atoms with Gasteiger partial charge in [0.15, 0.2) is 0 Å². The maximum Gasteiger partial charge on any atom is 0.264 e. The molecule has 2 aromatic rings. The third-order valence-electron chi connectivity index (χ3n) is 3.34. The lowest BCUT2D eigenvalue weighted by Crippen LogP contribution is -2.28. The van der Waals surface area contributed by atoms with Crippen LogP contribution in [0.25, 0.3) is 0 Å². The van der Waals surface area contributed by atoms with Crippen LogP contribution in [0, 0.1) is 6.92 Å². The number of anilines is 1. The van der Waals surface area contributed by atoms with Crippen molar-refractivity contribution in [1.82, 2.24) is 5.32 Å². The molecular weight excluding hydrogens is 284 g/mol. The number of aryl methyl sites for hydroxylation is 1. The third kappa shape index (κ3) is 3.25. The van der Waals surface area contributed by atoms with Crippen molar-refractivity contribution in [2.24, 2.45) is 0 Å². The number of hydrogen-bond acceptors (Lipinski definition) is 3. The quantitative estimate of drug-likeness (QED) is 0.923. The van der Waals surface area contributed by atoms with Crippen molar-refractivity contribution >= 4 is 15.7 Å². The van der Waals surface area contributed by atoms with Crippen LogP contribution >= 0.6 is 0 Å². The van der Waals surface area contributed by atoms with Gasteiger partial charge in [0.1, 0.15) is 0 Å². The highest BCUT2D eigenvalue weighted by atomic mass is 32.2. The molecular formula is C16H20N2O2S. The van der Waals surface area contributed by atoms with Gasteiger partial charge in [0, 0.05) is 13.6 Å². The first kappa shape index (κ1) is 15.5. The van der Waals surface area contributed by atoms with Crippen LogP contribution in [0.4, 0.5) is 5.69 Å². The Morgan fingerprint density at radius 1 is 1.10 bits per heavy atom. The summed E-state index contributed by atoms with van der Waals surface area (Å²) in [6.45, 7) is 2.45. The Labute approximate surface area is 126 Å². The van der Waals surface area contributed by atoms with Crippen molar-refractivity contribution in [2.45, 2.75) is 18.4 Å². The van der Waals surface area contributed by atoms with Crippen molar-refractivity contribution in [3.8, 4) is 0 Å². The highest BCUT2D eigenvalue weighted by Gasteiger charge is 2.23. The van der Waals surface area contributed by atoms with Gasteiger partial charge >= 0.3 is 0 Å². The van der Waals surface area contributed by atoms with E-state index in [9.17, 15) is 8.42 Å². The number of hydrogen-bond donors (Lipinski definition) is 1. The molecule has 0 spiro atoms. The highest BCUT2D eigenvalue weighted by Crippen LogP contribution is 2.25. The maximum atomic E-state index is 12.8. The molecule has 2 aromatic carbocycles. The summed E-state index contributed by atoms with van der Waals surface area (Å²) in [5.74, 6) is 0. The summed E-state index contributed by atoms with van der Waals surface area (Å²) in [6.07, 6.45) is 0. The molecule has 4 nitrogen and oxygen atoms in total. The average Bonchev–Trinajstić information content (AvgIpc) is 2.47. The Hall–Kier alpha value is -1.85. The minimum Gasteiger partial charge on any atom is -0.316 e. The van der Waals surface area contributed by atoms with Gasteiger partial charge in [0.2, 0.25) is 0 Å². The minimum atomic E-state index is -3.57. The van der Waals surface area contributed by atoms with Crippen molar-refractivity contribution in [2.75, 3.05) is 18.4 Å². The van der Waals surface area contributed by atoms with E-state index in [1.807, 2.05) is 37.3 Å². The van der Waals surface area contributed by atoms with E-state index in [0.29, 0.717) is 17.1 Å². The fourth-order valence-corrected chi connectivity index (χ4v) is 3.61. The zero-order valence-electron chi connectivity index (χ0n) is 12.5. The molecule has 0 fully saturated rings. The highest BCUT2D eigenvalue weighted by molar-refractivity contribution is 7.92. The summed E-state index contributed by atoms with van der Waals surface area (Å²) in [6, 6.07) is 14.5. The Bertz CT molecular complexity index is 727. The molecule has 1 N–H and O–H groups in total. The Morgan fingerprint density at radius 3 is 2.48 bits per heavy atom. The molecule has 0 bridgehead atoms. The van der Waals surface area contributed by atoms with Crippen molar-refractivity contribution < 1.29 is 8.42 Å². The van der Waals surface area contributed by atoms with E-state index in [1.54, 1.807) is 32.3 Å². The zero-order valence-corrected chi connectivity index (χ0v) is 13.3. The number of nitrogens with zero attached hydrogens (tertiary/aromatic N) is 1. The molecule has 0 saturated heterocycles. The molecule has 0 heterocycles. The molecule has 0 saturated carbocycles. The smallest absolute Gasteiger partial charge is 0.264 e. The summed E-state index contributed by atoms with van der Waals surface area (Å²) >= 11 is 0. The SMILES string of the molecule is CNCc1ccccc1S(=O)(=O)N(C)c1cccc(C)c1. The predicted molar refractivity (Wildman–Crippen MR) is 86.0 cm³/mol. The van der Waals surface area contributed by atoms with Gasteiger partial charge < -0.3 is 5.32 Å². The fourth-order valence-electron chi connectivity index (χ4n) is 2.20. The molecule has 0 atom stereocenters. The van der Waals surface area contributed by atoms with Crippen LogP contribution < -0.4 is 9.62 Å². The van der Waals surface area contributed by atoms with E-state index in [2.05, 4.69) is 5.32 Å². The van der Waals surface area contributed by atoms with Crippen LogP contribution in [0.3, 0.4) is 0 Å². The fraction of sp³-hybridized carbons (Fsp3) is 0.250. The first-order valence-electron chi connectivity index (χ1n) is 6.75. The lowest BCUT2D eigenvalue weighted by molar-refractivity contribution is 0.592. The molecule has 0 amide bonds. The lowest BCUT2D eigenvalue weighted by Gasteiger charge is -2.21. The second-order valence-corrected chi connectivity index (χ2v) is 6.89. The van der Waals surface area contributed by atoms with Crippen molar-refractivity contribution in [1.29, 1.82) is 0 Å². The van der Waals surface area contributed by atoms with Crippen LogP contribution in [0.15, 0.2) is 53.4 Å². The van der Waals surface area contributed by atoms with Gasteiger partial charge in [0.25, 0.3) is 10.0 Å². The van der Waals surface area contributed by atoms with Gasteiger partial charge in [-0.2, -0.15) is 0 Å². The Balaban J connectivity index is 2.47. The van der Waals surface area contributed by atoms with Crippen LogP contribution in [-0.4, -0.2) is 22.5 Å². The number of nitrogens with one attached hydrogen (secondary N) is 1.